The van der Waals surface area contributed by atoms with Crippen LogP contribution in [0.15, 0.2) is 54.6 Å². The predicted molar refractivity (Wildman–Crippen MR) is 109 cm³/mol. The van der Waals surface area contributed by atoms with Crippen LogP contribution in [0.25, 0.3) is 0 Å². The summed E-state index contributed by atoms with van der Waals surface area (Å²) in [7, 11) is 0. The fourth-order valence-corrected chi connectivity index (χ4v) is 3.09. The van der Waals surface area contributed by atoms with Crippen LogP contribution in [0.3, 0.4) is 0 Å². The summed E-state index contributed by atoms with van der Waals surface area (Å²) in [5.41, 5.74) is 1.75. The minimum atomic E-state index is -0.0653. The number of carbonyl (C=O) groups excluding carboxylic acids is 2. The van der Waals surface area contributed by atoms with Gasteiger partial charge in [0.05, 0.1) is 12.6 Å². The summed E-state index contributed by atoms with van der Waals surface area (Å²) >= 11 is 0. The average Bonchev–Trinajstić information content (AvgIpc) is 3.26. The van der Waals surface area contributed by atoms with Crippen molar-refractivity contribution in [3.63, 3.8) is 0 Å². The SMILES string of the molecule is O=C(CCCOc1ccccc1)Nc1ccc(CNC(=O)C2CCCN2)cc1. The number of rotatable bonds is 9. The summed E-state index contributed by atoms with van der Waals surface area (Å²) < 4.78 is 5.59. The number of carbonyl (C=O) groups is 2. The van der Waals surface area contributed by atoms with Crippen LogP contribution in [-0.2, 0) is 16.1 Å². The van der Waals surface area contributed by atoms with Gasteiger partial charge in [-0.3, -0.25) is 9.59 Å². The fraction of sp³-hybridized carbons (Fsp3) is 0.364. The lowest BCUT2D eigenvalue weighted by Gasteiger charge is -2.11. The Labute approximate surface area is 165 Å². The molecule has 0 bridgehead atoms. The molecule has 0 radical (unpaired) electrons. The molecular formula is C22H27N3O3. The maximum Gasteiger partial charge on any atom is 0.237 e. The number of para-hydroxylation sites is 1. The van der Waals surface area contributed by atoms with Gasteiger partial charge in [-0.15, -0.1) is 0 Å². The van der Waals surface area contributed by atoms with E-state index in [9.17, 15) is 9.59 Å². The van der Waals surface area contributed by atoms with Crippen molar-refractivity contribution in [2.45, 2.75) is 38.3 Å². The molecule has 1 unspecified atom stereocenters. The summed E-state index contributed by atoms with van der Waals surface area (Å²) in [6.07, 6.45) is 3.00. The first-order chi connectivity index (χ1) is 13.7. The van der Waals surface area contributed by atoms with Gasteiger partial charge in [-0.25, -0.2) is 0 Å². The van der Waals surface area contributed by atoms with E-state index in [2.05, 4.69) is 16.0 Å². The van der Waals surface area contributed by atoms with Gasteiger partial charge in [-0.05, 0) is 55.6 Å². The molecule has 28 heavy (non-hydrogen) atoms. The second kappa shape index (κ2) is 10.5. The smallest absolute Gasteiger partial charge is 0.237 e. The van der Waals surface area contributed by atoms with Crippen molar-refractivity contribution in [2.24, 2.45) is 0 Å². The molecular weight excluding hydrogens is 354 g/mol. The second-order valence-corrected chi connectivity index (χ2v) is 6.88. The zero-order valence-electron chi connectivity index (χ0n) is 15.9. The average molecular weight is 381 g/mol. The molecule has 6 nitrogen and oxygen atoms in total. The van der Waals surface area contributed by atoms with Gasteiger partial charge in [0, 0.05) is 18.7 Å². The van der Waals surface area contributed by atoms with E-state index in [0.29, 0.717) is 26.0 Å². The number of anilines is 1. The molecule has 2 aromatic carbocycles. The van der Waals surface area contributed by atoms with Gasteiger partial charge < -0.3 is 20.7 Å². The summed E-state index contributed by atoms with van der Waals surface area (Å²) in [6.45, 7) is 1.90. The number of amides is 2. The van der Waals surface area contributed by atoms with E-state index in [4.69, 9.17) is 4.74 Å². The summed E-state index contributed by atoms with van der Waals surface area (Å²) in [4.78, 5) is 24.0. The minimum Gasteiger partial charge on any atom is -0.494 e. The van der Waals surface area contributed by atoms with Gasteiger partial charge in [0.25, 0.3) is 0 Å². The zero-order chi connectivity index (χ0) is 19.6. The van der Waals surface area contributed by atoms with Crippen molar-refractivity contribution in [3.05, 3.63) is 60.2 Å². The molecule has 1 heterocycles. The van der Waals surface area contributed by atoms with E-state index in [-0.39, 0.29) is 17.9 Å². The number of benzene rings is 2. The Balaban J connectivity index is 1.34. The Kier molecular flexibility index (Phi) is 7.44. The molecule has 2 aromatic rings. The van der Waals surface area contributed by atoms with E-state index in [1.165, 1.54) is 0 Å². The Bertz CT molecular complexity index is 756. The monoisotopic (exact) mass is 381 g/mol. The molecule has 1 saturated heterocycles. The number of hydrogen-bond acceptors (Lipinski definition) is 4. The lowest BCUT2D eigenvalue weighted by molar-refractivity contribution is -0.123. The maximum absolute atomic E-state index is 12.0. The van der Waals surface area contributed by atoms with E-state index < -0.39 is 0 Å². The highest BCUT2D eigenvalue weighted by molar-refractivity contribution is 5.90. The molecule has 3 rings (SSSR count). The maximum atomic E-state index is 12.0. The minimum absolute atomic E-state index is 0.0370. The third kappa shape index (κ3) is 6.39. The highest BCUT2D eigenvalue weighted by atomic mass is 16.5. The number of ether oxygens (including phenoxy) is 1. The van der Waals surface area contributed by atoms with Crippen LogP contribution in [0.5, 0.6) is 5.75 Å². The summed E-state index contributed by atoms with van der Waals surface area (Å²) in [6, 6.07) is 17.0. The van der Waals surface area contributed by atoms with E-state index in [1.807, 2.05) is 54.6 Å². The number of hydrogen-bond donors (Lipinski definition) is 3. The topological polar surface area (TPSA) is 79.5 Å². The van der Waals surface area contributed by atoms with Crippen molar-refractivity contribution in [1.29, 1.82) is 0 Å². The first-order valence-electron chi connectivity index (χ1n) is 9.78. The van der Waals surface area contributed by atoms with Crippen molar-refractivity contribution < 1.29 is 14.3 Å². The Morgan fingerprint density at radius 2 is 1.86 bits per heavy atom. The van der Waals surface area contributed by atoms with Crippen molar-refractivity contribution in [2.75, 3.05) is 18.5 Å². The standard InChI is InChI=1S/C22H27N3O3/c26-21(9-5-15-28-19-6-2-1-3-7-19)25-18-12-10-17(11-13-18)16-24-22(27)20-8-4-14-23-20/h1-3,6-7,10-13,20,23H,4-5,8-9,14-16H2,(H,24,27)(H,25,26). The molecule has 0 aromatic heterocycles. The van der Waals surface area contributed by atoms with Crippen LogP contribution in [0.1, 0.15) is 31.2 Å². The largest absolute Gasteiger partial charge is 0.494 e. The predicted octanol–water partition coefficient (Wildman–Crippen LogP) is 2.85. The Morgan fingerprint density at radius 3 is 2.57 bits per heavy atom. The van der Waals surface area contributed by atoms with E-state index >= 15 is 0 Å². The van der Waals surface area contributed by atoms with Gasteiger partial charge in [0.15, 0.2) is 0 Å². The molecule has 1 aliphatic heterocycles. The lowest BCUT2D eigenvalue weighted by atomic mass is 10.2. The van der Waals surface area contributed by atoms with Gasteiger partial charge in [-0.1, -0.05) is 30.3 Å². The van der Waals surface area contributed by atoms with Gasteiger partial charge >= 0.3 is 0 Å². The van der Waals surface area contributed by atoms with Crippen molar-refractivity contribution in [3.8, 4) is 5.75 Å². The van der Waals surface area contributed by atoms with Gasteiger partial charge in [0.2, 0.25) is 11.8 Å². The normalized spacial score (nSPS) is 15.8. The van der Waals surface area contributed by atoms with Crippen LogP contribution in [0.4, 0.5) is 5.69 Å². The molecule has 0 saturated carbocycles. The van der Waals surface area contributed by atoms with Gasteiger partial charge in [0.1, 0.15) is 5.75 Å². The van der Waals surface area contributed by atoms with Crippen LogP contribution in [0.2, 0.25) is 0 Å². The van der Waals surface area contributed by atoms with Crippen LogP contribution in [-0.4, -0.2) is 31.0 Å². The van der Waals surface area contributed by atoms with Crippen molar-refractivity contribution >= 4 is 17.5 Å². The molecule has 6 heteroatoms. The molecule has 1 aliphatic rings. The Morgan fingerprint density at radius 1 is 1.07 bits per heavy atom. The molecule has 0 spiro atoms. The Hall–Kier alpha value is -2.86. The quantitative estimate of drug-likeness (QED) is 0.584. The molecule has 3 N–H and O–H groups in total. The van der Waals surface area contributed by atoms with Crippen LogP contribution < -0.4 is 20.7 Å². The lowest BCUT2D eigenvalue weighted by Crippen LogP contribution is -2.39. The third-order valence-electron chi connectivity index (χ3n) is 4.64. The van der Waals surface area contributed by atoms with Crippen LogP contribution >= 0.6 is 0 Å². The summed E-state index contributed by atoms with van der Waals surface area (Å²) in [5, 5.41) is 9.02. The first kappa shape index (κ1) is 19.9. The highest BCUT2D eigenvalue weighted by Gasteiger charge is 2.21. The number of nitrogens with one attached hydrogen (secondary N) is 3. The first-order valence-corrected chi connectivity index (χ1v) is 9.78. The molecule has 1 fully saturated rings. The van der Waals surface area contributed by atoms with E-state index in [0.717, 1.165) is 36.4 Å². The molecule has 1 atom stereocenters. The molecule has 148 valence electrons. The molecule has 2 amide bonds. The van der Waals surface area contributed by atoms with E-state index in [1.54, 1.807) is 0 Å². The zero-order valence-corrected chi connectivity index (χ0v) is 15.9. The third-order valence-corrected chi connectivity index (χ3v) is 4.64. The van der Waals surface area contributed by atoms with Gasteiger partial charge in [-0.2, -0.15) is 0 Å². The van der Waals surface area contributed by atoms with Crippen LogP contribution in [0, 0.1) is 0 Å². The van der Waals surface area contributed by atoms with Crippen molar-refractivity contribution in [1.82, 2.24) is 10.6 Å². The molecule has 0 aliphatic carbocycles. The summed E-state index contributed by atoms with van der Waals surface area (Å²) in [5.74, 6) is 0.826. The second-order valence-electron chi connectivity index (χ2n) is 6.88. The highest BCUT2D eigenvalue weighted by Crippen LogP contribution is 2.12. The fourth-order valence-electron chi connectivity index (χ4n) is 3.09.